The topological polar surface area (TPSA) is 97.6 Å². The molecule has 0 aliphatic rings. The number of anilines is 1. The van der Waals surface area contributed by atoms with Gasteiger partial charge in [-0.2, -0.15) is 5.26 Å². The van der Waals surface area contributed by atoms with E-state index in [0.717, 1.165) is 0 Å². The second kappa shape index (κ2) is 9.46. The van der Waals surface area contributed by atoms with Crippen LogP contribution in [0.4, 0.5) is 5.69 Å². The molecule has 0 radical (unpaired) electrons. The summed E-state index contributed by atoms with van der Waals surface area (Å²) in [4.78, 5) is 24.1. The Hall–Kier alpha value is -3.24. The molecule has 0 aliphatic heterocycles. The van der Waals surface area contributed by atoms with Crippen molar-refractivity contribution in [1.82, 2.24) is 0 Å². The molecule has 1 amide bonds. The zero-order valence-electron chi connectivity index (χ0n) is 14.7. The number of hydrogen-bond acceptors (Lipinski definition) is 6. The van der Waals surface area contributed by atoms with E-state index >= 15 is 0 Å². The summed E-state index contributed by atoms with van der Waals surface area (Å²) >= 11 is 6.06. The first-order valence-corrected chi connectivity index (χ1v) is 8.25. The summed E-state index contributed by atoms with van der Waals surface area (Å²) in [6.45, 7) is -0.134. The first kappa shape index (κ1) is 20.1. The number of carbonyl (C=O) groups is 2. The molecule has 0 saturated heterocycles. The highest BCUT2D eigenvalue weighted by Gasteiger charge is 2.16. The highest BCUT2D eigenvalue weighted by atomic mass is 35.5. The molecule has 0 unspecified atom stereocenters. The fourth-order valence-corrected chi connectivity index (χ4v) is 2.55. The van der Waals surface area contributed by atoms with E-state index in [9.17, 15) is 9.59 Å². The molecule has 1 N–H and O–H groups in total. The lowest BCUT2D eigenvalue weighted by Crippen LogP contribution is -2.16. The van der Waals surface area contributed by atoms with Crippen LogP contribution in [0.5, 0.6) is 11.5 Å². The second-order valence-electron chi connectivity index (χ2n) is 5.29. The third-order valence-electron chi connectivity index (χ3n) is 3.55. The molecule has 0 atom stereocenters. The van der Waals surface area contributed by atoms with E-state index in [1.165, 1.54) is 26.4 Å². The minimum absolute atomic E-state index is 0.0630. The highest BCUT2D eigenvalue weighted by Crippen LogP contribution is 2.36. The van der Waals surface area contributed by atoms with Crippen LogP contribution in [0.25, 0.3) is 0 Å². The molecule has 0 bridgehead atoms. The van der Waals surface area contributed by atoms with Crippen molar-refractivity contribution in [2.45, 2.75) is 6.42 Å². The van der Waals surface area contributed by atoms with Crippen molar-refractivity contribution in [3.05, 3.63) is 52.5 Å². The van der Waals surface area contributed by atoms with Gasteiger partial charge in [0.2, 0.25) is 5.91 Å². The smallest absolute Gasteiger partial charge is 0.338 e. The number of esters is 1. The van der Waals surface area contributed by atoms with Crippen LogP contribution in [0.3, 0.4) is 0 Å². The number of amides is 1. The number of nitriles is 1. The maximum atomic E-state index is 12.2. The number of nitrogens with one attached hydrogen (secondary N) is 1. The third kappa shape index (κ3) is 5.12. The number of ether oxygens (including phenoxy) is 3. The fourth-order valence-electron chi connectivity index (χ4n) is 2.26. The zero-order chi connectivity index (χ0) is 19.8. The Morgan fingerprint density at radius 1 is 1.19 bits per heavy atom. The number of nitrogens with zero attached hydrogens (tertiary/aromatic N) is 1. The Morgan fingerprint density at radius 3 is 2.59 bits per heavy atom. The Bertz CT molecular complexity index is 892. The number of methoxy groups -OCH3 is 2. The van der Waals surface area contributed by atoms with Crippen molar-refractivity contribution in [2.75, 3.05) is 26.1 Å². The Kier molecular flexibility index (Phi) is 7.03. The van der Waals surface area contributed by atoms with E-state index in [0.29, 0.717) is 22.7 Å². The summed E-state index contributed by atoms with van der Waals surface area (Å²) in [5.41, 5.74) is 0.929. The largest absolute Gasteiger partial charge is 0.493 e. The van der Waals surface area contributed by atoms with Crippen LogP contribution < -0.4 is 14.8 Å². The van der Waals surface area contributed by atoms with Gasteiger partial charge in [-0.05, 0) is 24.3 Å². The summed E-state index contributed by atoms with van der Waals surface area (Å²) in [6, 6.07) is 11.4. The first-order chi connectivity index (χ1) is 13.0. The minimum atomic E-state index is -0.650. The van der Waals surface area contributed by atoms with Gasteiger partial charge in [-0.3, -0.25) is 4.79 Å². The van der Waals surface area contributed by atoms with Gasteiger partial charge in [-0.25, -0.2) is 4.79 Å². The van der Waals surface area contributed by atoms with E-state index in [1.807, 2.05) is 6.07 Å². The number of hydrogen-bond donors (Lipinski definition) is 1. The quantitative estimate of drug-likeness (QED) is 0.730. The molecule has 8 heteroatoms. The van der Waals surface area contributed by atoms with Gasteiger partial charge in [0.25, 0.3) is 0 Å². The van der Waals surface area contributed by atoms with Gasteiger partial charge in [-0.1, -0.05) is 23.7 Å². The van der Waals surface area contributed by atoms with Gasteiger partial charge in [0.05, 0.1) is 42.5 Å². The summed E-state index contributed by atoms with van der Waals surface area (Å²) < 4.78 is 15.3. The van der Waals surface area contributed by atoms with Crippen molar-refractivity contribution >= 4 is 29.2 Å². The lowest BCUT2D eigenvalue weighted by atomic mass is 10.2. The monoisotopic (exact) mass is 388 g/mol. The van der Waals surface area contributed by atoms with Gasteiger partial charge >= 0.3 is 5.97 Å². The predicted octanol–water partition coefficient (Wildman–Crippen LogP) is 3.41. The molecule has 140 valence electrons. The molecule has 2 aromatic rings. The van der Waals surface area contributed by atoms with Gasteiger partial charge < -0.3 is 19.5 Å². The van der Waals surface area contributed by atoms with Crippen molar-refractivity contribution in [3.8, 4) is 17.6 Å². The van der Waals surface area contributed by atoms with E-state index in [2.05, 4.69) is 5.32 Å². The normalized spacial score (nSPS) is 9.85. The van der Waals surface area contributed by atoms with Gasteiger partial charge in [0, 0.05) is 0 Å². The van der Waals surface area contributed by atoms with Crippen molar-refractivity contribution in [1.29, 1.82) is 5.26 Å². The number of benzene rings is 2. The Labute approximate surface area is 161 Å². The molecule has 0 aliphatic carbocycles. The van der Waals surface area contributed by atoms with Gasteiger partial charge in [0.1, 0.15) is 12.7 Å². The molecule has 0 heterocycles. The molecule has 2 rings (SSSR count). The van der Waals surface area contributed by atoms with E-state index in [-0.39, 0.29) is 29.5 Å². The van der Waals surface area contributed by atoms with Crippen LogP contribution in [0.2, 0.25) is 5.02 Å². The summed E-state index contributed by atoms with van der Waals surface area (Å²) in [6.07, 6.45) is -0.0630. The predicted molar refractivity (Wildman–Crippen MR) is 99.2 cm³/mol. The molecule has 0 saturated carbocycles. The van der Waals surface area contributed by atoms with Crippen molar-refractivity contribution in [3.63, 3.8) is 0 Å². The molecule has 7 nitrogen and oxygen atoms in total. The third-order valence-corrected chi connectivity index (χ3v) is 3.83. The highest BCUT2D eigenvalue weighted by molar-refractivity contribution is 6.32. The molecule has 2 aromatic carbocycles. The Morgan fingerprint density at radius 2 is 1.93 bits per heavy atom. The van der Waals surface area contributed by atoms with Crippen LogP contribution >= 0.6 is 11.6 Å². The van der Waals surface area contributed by atoms with Gasteiger partial charge in [-0.15, -0.1) is 0 Å². The van der Waals surface area contributed by atoms with Crippen molar-refractivity contribution in [2.24, 2.45) is 0 Å². The van der Waals surface area contributed by atoms with Crippen LogP contribution in [-0.2, 0) is 9.53 Å². The summed E-state index contributed by atoms with van der Waals surface area (Å²) in [5.74, 6) is -0.423. The van der Waals surface area contributed by atoms with E-state index < -0.39 is 5.97 Å². The molecular formula is C19H17ClN2O5. The van der Waals surface area contributed by atoms with Crippen LogP contribution in [0.15, 0.2) is 36.4 Å². The lowest BCUT2D eigenvalue weighted by molar-refractivity contribution is -0.116. The minimum Gasteiger partial charge on any atom is -0.493 e. The van der Waals surface area contributed by atoms with E-state index in [4.69, 9.17) is 31.1 Å². The molecule has 0 spiro atoms. The molecule has 27 heavy (non-hydrogen) atoms. The van der Waals surface area contributed by atoms with Crippen LogP contribution in [-0.4, -0.2) is 32.7 Å². The standard InChI is InChI=1S/C19H17ClN2O5/c1-25-16-10-13(9-14(20)18(16)26-2)19(24)27-8-7-17(23)22-15-6-4-3-5-12(15)11-21/h3-6,9-10H,7-8H2,1-2H3,(H,22,23). The maximum absolute atomic E-state index is 12.2. The fraction of sp³-hybridized carbons (Fsp3) is 0.211. The molecule has 0 aromatic heterocycles. The first-order valence-electron chi connectivity index (χ1n) is 7.87. The summed E-state index contributed by atoms with van der Waals surface area (Å²) in [7, 11) is 2.86. The maximum Gasteiger partial charge on any atom is 0.338 e. The number of rotatable bonds is 7. The Balaban J connectivity index is 1.93. The average molecular weight is 389 g/mol. The summed E-state index contributed by atoms with van der Waals surface area (Å²) in [5, 5.41) is 11.8. The molecular weight excluding hydrogens is 372 g/mol. The van der Waals surface area contributed by atoms with E-state index in [1.54, 1.807) is 24.3 Å². The number of halogens is 1. The van der Waals surface area contributed by atoms with Crippen LogP contribution in [0.1, 0.15) is 22.3 Å². The van der Waals surface area contributed by atoms with Crippen LogP contribution in [0, 0.1) is 11.3 Å². The average Bonchev–Trinajstić information content (AvgIpc) is 2.67. The molecule has 0 fully saturated rings. The van der Waals surface area contributed by atoms with Crippen molar-refractivity contribution < 1.29 is 23.8 Å². The SMILES string of the molecule is COc1cc(C(=O)OCCC(=O)Nc2ccccc2C#N)cc(Cl)c1OC. The number of carbonyl (C=O) groups excluding carboxylic acids is 2. The lowest BCUT2D eigenvalue weighted by Gasteiger charge is -2.11. The zero-order valence-corrected chi connectivity index (χ0v) is 15.5. The van der Waals surface area contributed by atoms with Gasteiger partial charge in [0.15, 0.2) is 11.5 Å². The number of para-hydroxylation sites is 1. The second-order valence-corrected chi connectivity index (χ2v) is 5.69.